The fourth-order valence-electron chi connectivity index (χ4n) is 1.60. The zero-order valence-corrected chi connectivity index (χ0v) is 9.50. The predicted molar refractivity (Wildman–Crippen MR) is 59.7 cm³/mol. The van der Waals surface area contributed by atoms with Crippen molar-refractivity contribution in [1.29, 1.82) is 0 Å². The third-order valence-electron chi connectivity index (χ3n) is 2.59. The molecule has 0 aromatic heterocycles. The highest BCUT2D eigenvalue weighted by Crippen LogP contribution is 2.37. The maximum Gasteiger partial charge on any atom is 0.129 e. The molecule has 0 fully saturated rings. The first-order valence-electron chi connectivity index (χ1n) is 5.20. The minimum absolute atomic E-state index is 0.114. The summed E-state index contributed by atoms with van der Waals surface area (Å²) in [5, 5.41) is 19.6. The van der Waals surface area contributed by atoms with Gasteiger partial charge in [0.05, 0.1) is 7.11 Å². The fraction of sp³-hybridized carbons (Fsp3) is 0.500. The molecule has 0 aliphatic heterocycles. The second kappa shape index (κ2) is 4.91. The molecule has 0 saturated heterocycles. The van der Waals surface area contributed by atoms with E-state index in [1.54, 1.807) is 13.0 Å². The first-order chi connectivity index (χ1) is 7.11. The molecule has 0 aliphatic carbocycles. The van der Waals surface area contributed by atoms with E-state index in [1.807, 2.05) is 0 Å². The molecule has 0 aliphatic rings. The van der Waals surface area contributed by atoms with Crippen LogP contribution in [0.2, 0.25) is 0 Å². The Bertz CT molecular complexity index is 345. The van der Waals surface area contributed by atoms with E-state index < -0.39 is 0 Å². The molecule has 0 spiro atoms. The molecule has 15 heavy (non-hydrogen) atoms. The Kier molecular flexibility index (Phi) is 3.83. The number of rotatable bonds is 4. The highest BCUT2D eigenvalue weighted by Gasteiger charge is 2.14. The molecular weight excluding hydrogens is 192 g/mol. The van der Waals surface area contributed by atoms with Crippen LogP contribution in [0.1, 0.15) is 30.9 Å². The minimum Gasteiger partial charge on any atom is -0.507 e. The van der Waals surface area contributed by atoms with Gasteiger partial charge in [0, 0.05) is 17.2 Å². The van der Waals surface area contributed by atoms with Crippen LogP contribution in [0.15, 0.2) is 6.07 Å². The maximum absolute atomic E-state index is 9.88. The Labute approximate surface area is 90.3 Å². The van der Waals surface area contributed by atoms with E-state index in [-0.39, 0.29) is 11.5 Å². The number of benzene rings is 1. The SMILES string of the molecule is CCCCc1c(O)cc(OC)c(C)c1O. The van der Waals surface area contributed by atoms with Gasteiger partial charge < -0.3 is 14.9 Å². The molecule has 84 valence electrons. The van der Waals surface area contributed by atoms with Crippen LogP contribution >= 0.6 is 0 Å². The summed E-state index contributed by atoms with van der Waals surface area (Å²) in [6.45, 7) is 3.85. The summed E-state index contributed by atoms with van der Waals surface area (Å²) in [5.74, 6) is 0.786. The zero-order chi connectivity index (χ0) is 11.4. The summed E-state index contributed by atoms with van der Waals surface area (Å²) in [4.78, 5) is 0. The van der Waals surface area contributed by atoms with Crippen molar-refractivity contribution in [2.75, 3.05) is 7.11 Å². The summed E-state index contributed by atoms with van der Waals surface area (Å²) in [7, 11) is 1.52. The van der Waals surface area contributed by atoms with Gasteiger partial charge in [-0.2, -0.15) is 0 Å². The molecule has 0 atom stereocenters. The average Bonchev–Trinajstić information content (AvgIpc) is 2.23. The van der Waals surface area contributed by atoms with Crippen LogP contribution in [0.4, 0.5) is 0 Å². The number of hydrogen-bond acceptors (Lipinski definition) is 3. The van der Waals surface area contributed by atoms with Gasteiger partial charge in [-0.15, -0.1) is 0 Å². The van der Waals surface area contributed by atoms with Crippen molar-refractivity contribution in [2.24, 2.45) is 0 Å². The van der Waals surface area contributed by atoms with E-state index in [9.17, 15) is 10.2 Å². The molecule has 1 aromatic carbocycles. The fourth-order valence-corrected chi connectivity index (χ4v) is 1.60. The second-order valence-corrected chi connectivity index (χ2v) is 3.65. The van der Waals surface area contributed by atoms with Crippen molar-refractivity contribution >= 4 is 0 Å². The van der Waals surface area contributed by atoms with Gasteiger partial charge in [-0.1, -0.05) is 13.3 Å². The number of phenols is 2. The molecule has 1 rings (SSSR count). The largest absolute Gasteiger partial charge is 0.507 e. The Morgan fingerprint density at radius 1 is 1.33 bits per heavy atom. The molecule has 0 bridgehead atoms. The Hall–Kier alpha value is -1.38. The third kappa shape index (κ3) is 2.35. The van der Waals surface area contributed by atoms with Gasteiger partial charge in [0.25, 0.3) is 0 Å². The molecule has 0 unspecified atom stereocenters. The lowest BCUT2D eigenvalue weighted by atomic mass is 10.0. The molecule has 3 nitrogen and oxygen atoms in total. The first-order valence-corrected chi connectivity index (χ1v) is 5.20. The van der Waals surface area contributed by atoms with Crippen molar-refractivity contribution < 1.29 is 14.9 Å². The lowest BCUT2D eigenvalue weighted by Crippen LogP contribution is -1.93. The van der Waals surface area contributed by atoms with Crippen LogP contribution in [0.3, 0.4) is 0 Å². The lowest BCUT2D eigenvalue weighted by Gasteiger charge is -2.12. The van der Waals surface area contributed by atoms with E-state index in [2.05, 4.69) is 6.92 Å². The minimum atomic E-state index is 0.114. The highest BCUT2D eigenvalue weighted by atomic mass is 16.5. The van der Waals surface area contributed by atoms with Gasteiger partial charge in [0.1, 0.15) is 17.2 Å². The Balaban J connectivity index is 3.11. The summed E-state index contributed by atoms with van der Waals surface area (Å²) in [6.07, 6.45) is 2.68. The van der Waals surface area contributed by atoms with Gasteiger partial charge in [0.15, 0.2) is 0 Å². The van der Waals surface area contributed by atoms with Crippen LogP contribution in [-0.4, -0.2) is 17.3 Å². The number of hydrogen-bond donors (Lipinski definition) is 2. The van der Waals surface area contributed by atoms with Crippen molar-refractivity contribution in [3.05, 3.63) is 17.2 Å². The van der Waals surface area contributed by atoms with Crippen LogP contribution in [0, 0.1) is 6.92 Å². The smallest absolute Gasteiger partial charge is 0.129 e. The summed E-state index contributed by atoms with van der Waals surface area (Å²) >= 11 is 0. The number of methoxy groups -OCH3 is 1. The summed E-state index contributed by atoms with van der Waals surface area (Å²) in [6, 6.07) is 1.56. The average molecular weight is 210 g/mol. The topological polar surface area (TPSA) is 49.7 Å². The highest BCUT2D eigenvalue weighted by molar-refractivity contribution is 5.55. The molecule has 0 amide bonds. The van der Waals surface area contributed by atoms with Gasteiger partial charge in [-0.05, 0) is 19.8 Å². The molecular formula is C12H18O3. The number of ether oxygens (including phenoxy) is 1. The Morgan fingerprint density at radius 3 is 2.53 bits per heavy atom. The summed E-state index contributed by atoms with van der Waals surface area (Å²) in [5.41, 5.74) is 1.30. The maximum atomic E-state index is 9.88. The molecule has 0 saturated carbocycles. The Morgan fingerprint density at radius 2 is 2.00 bits per heavy atom. The van der Waals surface area contributed by atoms with Crippen molar-refractivity contribution in [3.63, 3.8) is 0 Å². The first kappa shape index (κ1) is 11.7. The van der Waals surface area contributed by atoms with E-state index in [4.69, 9.17) is 4.74 Å². The number of unbranched alkanes of at least 4 members (excludes halogenated alkanes) is 1. The second-order valence-electron chi connectivity index (χ2n) is 3.65. The van der Waals surface area contributed by atoms with E-state index in [1.165, 1.54) is 7.11 Å². The summed E-state index contributed by atoms with van der Waals surface area (Å²) < 4.78 is 5.05. The van der Waals surface area contributed by atoms with E-state index in [0.717, 1.165) is 12.8 Å². The van der Waals surface area contributed by atoms with Crippen molar-refractivity contribution in [3.8, 4) is 17.2 Å². The molecule has 0 radical (unpaired) electrons. The van der Waals surface area contributed by atoms with Crippen LogP contribution in [-0.2, 0) is 6.42 Å². The zero-order valence-electron chi connectivity index (χ0n) is 9.50. The van der Waals surface area contributed by atoms with Gasteiger partial charge >= 0.3 is 0 Å². The molecule has 0 heterocycles. The number of aromatic hydroxyl groups is 2. The van der Waals surface area contributed by atoms with Crippen molar-refractivity contribution in [2.45, 2.75) is 33.1 Å². The number of phenolic OH excluding ortho intramolecular Hbond substituents is 2. The van der Waals surface area contributed by atoms with Crippen molar-refractivity contribution in [1.82, 2.24) is 0 Å². The lowest BCUT2D eigenvalue weighted by molar-refractivity contribution is 0.388. The van der Waals surface area contributed by atoms with Gasteiger partial charge in [-0.25, -0.2) is 0 Å². The van der Waals surface area contributed by atoms with Crippen LogP contribution < -0.4 is 4.74 Å². The standard InChI is InChI=1S/C12H18O3/c1-4-5-6-9-10(13)7-11(15-3)8(2)12(9)14/h7,13-14H,4-6H2,1-3H3. The van der Waals surface area contributed by atoms with Crippen LogP contribution in [0.25, 0.3) is 0 Å². The third-order valence-corrected chi connectivity index (χ3v) is 2.59. The predicted octanol–water partition coefficient (Wildman–Crippen LogP) is 2.76. The molecule has 3 heteroatoms. The van der Waals surface area contributed by atoms with Gasteiger partial charge in [0.2, 0.25) is 0 Å². The molecule has 1 aromatic rings. The quantitative estimate of drug-likeness (QED) is 0.803. The normalized spacial score (nSPS) is 10.3. The van der Waals surface area contributed by atoms with Crippen LogP contribution in [0.5, 0.6) is 17.2 Å². The van der Waals surface area contributed by atoms with Gasteiger partial charge in [-0.3, -0.25) is 0 Å². The van der Waals surface area contributed by atoms with E-state index >= 15 is 0 Å². The van der Waals surface area contributed by atoms with E-state index in [0.29, 0.717) is 23.3 Å². The monoisotopic (exact) mass is 210 g/mol. The molecule has 2 N–H and O–H groups in total.